The summed E-state index contributed by atoms with van der Waals surface area (Å²) in [4.78, 5) is 27.6. The van der Waals surface area contributed by atoms with Gasteiger partial charge in [0.2, 0.25) is 0 Å². The highest BCUT2D eigenvalue weighted by Gasteiger charge is 2.38. The number of hydrogen-bond donors (Lipinski definition) is 2. The highest BCUT2D eigenvalue weighted by atomic mass is 19.4. The van der Waals surface area contributed by atoms with Crippen molar-refractivity contribution in [1.82, 2.24) is 19.8 Å². The molecule has 2 heterocycles. The van der Waals surface area contributed by atoms with E-state index in [9.17, 15) is 22.8 Å². The predicted octanol–water partition coefficient (Wildman–Crippen LogP) is 1.06. The van der Waals surface area contributed by atoms with Crippen LogP contribution in [0, 0.1) is 0 Å². The minimum atomic E-state index is -4.55. The Bertz CT molecular complexity index is 570. The average Bonchev–Trinajstić information content (AvgIpc) is 2.80. The van der Waals surface area contributed by atoms with Gasteiger partial charge in [0.15, 0.2) is 5.69 Å². The standard InChI is InChI=1S/C11H13F3N4O3/c1-6(11(12,13)14)16-9(19)8-7-4-17(10(20)21)2-3-18(7)5-15-8/h5-6H,2-4H2,1H3,(H,16,19)(H,20,21). The number of carbonyl (C=O) groups excluding carboxylic acids is 1. The smallest absolute Gasteiger partial charge is 0.408 e. The first kappa shape index (κ1) is 15.1. The van der Waals surface area contributed by atoms with Crippen LogP contribution in [0.1, 0.15) is 23.1 Å². The van der Waals surface area contributed by atoms with Crippen molar-refractivity contribution in [2.75, 3.05) is 6.54 Å². The van der Waals surface area contributed by atoms with E-state index in [2.05, 4.69) is 4.98 Å². The third kappa shape index (κ3) is 3.09. The Labute approximate surface area is 117 Å². The lowest BCUT2D eigenvalue weighted by atomic mass is 10.2. The molecule has 1 aromatic rings. The summed E-state index contributed by atoms with van der Waals surface area (Å²) in [5.74, 6) is -0.971. The number of carboxylic acid groups (broad SMARTS) is 1. The highest BCUT2D eigenvalue weighted by molar-refractivity contribution is 5.93. The summed E-state index contributed by atoms with van der Waals surface area (Å²) in [6.07, 6.45) is -4.39. The number of alkyl halides is 3. The molecule has 10 heteroatoms. The molecule has 0 spiro atoms. The van der Waals surface area contributed by atoms with Crippen molar-refractivity contribution in [3.63, 3.8) is 0 Å². The van der Waals surface area contributed by atoms with E-state index in [1.807, 2.05) is 5.32 Å². The van der Waals surface area contributed by atoms with E-state index >= 15 is 0 Å². The zero-order chi connectivity index (χ0) is 15.8. The van der Waals surface area contributed by atoms with E-state index in [-0.39, 0.29) is 24.5 Å². The van der Waals surface area contributed by atoms with Crippen molar-refractivity contribution in [1.29, 1.82) is 0 Å². The van der Waals surface area contributed by atoms with Gasteiger partial charge >= 0.3 is 12.3 Å². The summed E-state index contributed by atoms with van der Waals surface area (Å²) in [5.41, 5.74) is 0.104. The van der Waals surface area contributed by atoms with Gasteiger partial charge in [-0.2, -0.15) is 13.2 Å². The topological polar surface area (TPSA) is 87.5 Å². The maximum atomic E-state index is 12.4. The third-order valence-electron chi connectivity index (χ3n) is 3.22. The average molecular weight is 306 g/mol. The summed E-state index contributed by atoms with van der Waals surface area (Å²) in [6.45, 7) is 1.28. The van der Waals surface area contributed by atoms with Gasteiger partial charge in [-0.05, 0) is 6.92 Å². The number of aromatic nitrogens is 2. The first-order chi connectivity index (χ1) is 9.70. The molecule has 2 amide bonds. The number of carbonyl (C=O) groups is 2. The number of rotatable bonds is 2. The molecule has 0 aliphatic carbocycles. The lowest BCUT2D eigenvalue weighted by Crippen LogP contribution is -2.44. The van der Waals surface area contributed by atoms with Gasteiger partial charge in [0, 0.05) is 13.1 Å². The number of hydrogen-bond acceptors (Lipinski definition) is 3. The summed E-state index contributed by atoms with van der Waals surface area (Å²) in [6, 6.07) is -2.01. The third-order valence-corrected chi connectivity index (χ3v) is 3.22. The molecule has 0 radical (unpaired) electrons. The quantitative estimate of drug-likeness (QED) is 0.855. The van der Waals surface area contributed by atoms with Crippen molar-refractivity contribution in [3.8, 4) is 0 Å². The van der Waals surface area contributed by atoms with Crippen LogP contribution in [0.2, 0.25) is 0 Å². The van der Waals surface area contributed by atoms with Gasteiger partial charge in [0.25, 0.3) is 5.91 Å². The number of fused-ring (bicyclic) bond motifs is 1. The molecule has 1 aliphatic rings. The van der Waals surface area contributed by atoms with Gasteiger partial charge in [0.05, 0.1) is 18.6 Å². The highest BCUT2D eigenvalue weighted by Crippen LogP contribution is 2.21. The van der Waals surface area contributed by atoms with E-state index in [1.165, 1.54) is 6.33 Å². The van der Waals surface area contributed by atoms with Crippen molar-refractivity contribution in [3.05, 3.63) is 17.7 Å². The number of halogens is 3. The Morgan fingerprint density at radius 3 is 2.67 bits per heavy atom. The fourth-order valence-electron chi connectivity index (χ4n) is 1.95. The molecule has 2 N–H and O–H groups in total. The first-order valence-electron chi connectivity index (χ1n) is 6.09. The van der Waals surface area contributed by atoms with Crippen LogP contribution in [0.3, 0.4) is 0 Å². The van der Waals surface area contributed by atoms with Crippen LogP contribution in [0.15, 0.2) is 6.33 Å². The van der Waals surface area contributed by atoms with Crippen LogP contribution in [-0.2, 0) is 13.1 Å². The SMILES string of the molecule is CC(NC(=O)c1ncn2c1CN(C(=O)O)CC2)C(F)(F)F. The van der Waals surface area contributed by atoms with Gasteiger partial charge in [-0.3, -0.25) is 4.79 Å². The second-order valence-corrected chi connectivity index (χ2v) is 4.67. The number of nitrogens with one attached hydrogen (secondary N) is 1. The molecule has 0 fully saturated rings. The molecule has 2 rings (SSSR count). The predicted molar refractivity (Wildman–Crippen MR) is 63.6 cm³/mol. The lowest BCUT2D eigenvalue weighted by Gasteiger charge is -2.26. The number of amides is 2. The zero-order valence-corrected chi connectivity index (χ0v) is 11.0. The van der Waals surface area contributed by atoms with Crippen LogP contribution in [0.25, 0.3) is 0 Å². The van der Waals surface area contributed by atoms with Gasteiger partial charge in [-0.15, -0.1) is 0 Å². The molecule has 7 nitrogen and oxygen atoms in total. The monoisotopic (exact) mass is 306 g/mol. The Balaban J connectivity index is 2.17. The second-order valence-electron chi connectivity index (χ2n) is 4.67. The fourth-order valence-corrected chi connectivity index (χ4v) is 1.95. The summed E-state index contributed by atoms with van der Waals surface area (Å²) >= 11 is 0. The van der Waals surface area contributed by atoms with Gasteiger partial charge in [0.1, 0.15) is 6.04 Å². The molecule has 1 aliphatic heterocycles. The molecule has 0 aromatic carbocycles. The normalized spacial score (nSPS) is 16.3. The first-order valence-corrected chi connectivity index (χ1v) is 6.09. The Morgan fingerprint density at radius 1 is 1.43 bits per heavy atom. The minimum absolute atomic E-state index is 0.0848. The Kier molecular flexibility index (Phi) is 3.79. The molecule has 0 saturated carbocycles. The van der Waals surface area contributed by atoms with E-state index in [1.54, 1.807) is 4.57 Å². The van der Waals surface area contributed by atoms with Crippen LogP contribution in [0.5, 0.6) is 0 Å². The molecular formula is C11H13F3N4O3. The van der Waals surface area contributed by atoms with Crippen molar-refractivity contribution in [2.24, 2.45) is 0 Å². The molecule has 1 atom stereocenters. The molecular weight excluding hydrogens is 293 g/mol. The van der Waals surface area contributed by atoms with Crippen molar-refractivity contribution in [2.45, 2.75) is 32.2 Å². The van der Waals surface area contributed by atoms with Gasteiger partial charge in [-0.1, -0.05) is 0 Å². The van der Waals surface area contributed by atoms with Crippen LogP contribution in [-0.4, -0.2) is 50.3 Å². The van der Waals surface area contributed by atoms with E-state index < -0.39 is 24.2 Å². The van der Waals surface area contributed by atoms with Gasteiger partial charge < -0.3 is 19.9 Å². The van der Waals surface area contributed by atoms with Crippen LogP contribution in [0.4, 0.5) is 18.0 Å². The lowest BCUT2D eigenvalue weighted by molar-refractivity contribution is -0.149. The Hall–Kier alpha value is -2.26. The molecule has 1 aromatic heterocycles. The molecule has 1 unspecified atom stereocenters. The fraction of sp³-hybridized carbons (Fsp3) is 0.545. The second kappa shape index (κ2) is 5.26. The van der Waals surface area contributed by atoms with E-state index in [0.717, 1.165) is 11.8 Å². The maximum Gasteiger partial charge on any atom is 0.408 e. The van der Waals surface area contributed by atoms with Crippen molar-refractivity contribution < 1.29 is 27.9 Å². The summed E-state index contributed by atoms with van der Waals surface area (Å²) in [7, 11) is 0. The van der Waals surface area contributed by atoms with Gasteiger partial charge in [-0.25, -0.2) is 9.78 Å². The molecule has 21 heavy (non-hydrogen) atoms. The van der Waals surface area contributed by atoms with Crippen molar-refractivity contribution >= 4 is 12.0 Å². The van der Waals surface area contributed by atoms with Crippen LogP contribution >= 0.6 is 0 Å². The summed E-state index contributed by atoms with van der Waals surface area (Å²) in [5, 5.41) is 10.7. The van der Waals surface area contributed by atoms with E-state index in [0.29, 0.717) is 6.54 Å². The maximum absolute atomic E-state index is 12.4. The molecule has 116 valence electrons. The summed E-state index contributed by atoms with van der Waals surface area (Å²) < 4.78 is 38.9. The Morgan fingerprint density at radius 2 is 2.10 bits per heavy atom. The number of nitrogens with zero attached hydrogens (tertiary/aromatic N) is 3. The zero-order valence-electron chi connectivity index (χ0n) is 11.0. The molecule has 0 bridgehead atoms. The van der Waals surface area contributed by atoms with E-state index in [4.69, 9.17) is 5.11 Å². The molecule has 0 saturated heterocycles. The van der Waals surface area contributed by atoms with Crippen LogP contribution < -0.4 is 5.32 Å². The number of imidazole rings is 1. The largest absolute Gasteiger partial charge is 0.465 e. The minimum Gasteiger partial charge on any atom is -0.465 e.